The summed E-state index contributed by atoms with van der Waals surface area (Å²) in [4.78, 5) is 0. The monoisotopic (exact) mass is 193 g/mol. The van der Waals surface area contributed by atoms with Crippen LogP contribution in [0.2, 0.25) is 5.02 Å². The van der Waals surface area contributed by atoms with Gasteiger partial charge in [-0.05, 0) is 17.7 Å². The third-order valence-electron chi connectivity index (χ3n) is 1.07. The van der Waals surface area contributed by atoms with Crippen molar-refractivity contribution in [2.75, 3.05) is 0 Å². The van der Waals surface area contributed by atoms with Gasteiger partial charge < -0.3 is 5.11 Å². The van der Waals surface area contributed by atoms with Gasteiger partial charge in [0.05, 0.1) is 6.61 Å². The van der Waals surface area contributed by atoms with E-state index >= 15 is 0 Å². The van der Waals surface area contributed by atoms with Crippen LogP contribution in [0.3, 0.4) is 0 Å². The van der Waals surface area contributed by atoms with Crippen LogP contribution in [-0.2, 0) is 25.2 Å². The molecule has 0 aliphatic heterocycles. The molecular weight excluding hydrogens is 186 g/mol. The second-order valence-corrected chi connectivity index (χ2v) is 2.22. The number of aliphatic hydroxyl groups excluding tert-OH is 1. The van der Waals surface area contributed by atoms with Crippen molar-refractivity contribution in [2.45, 2.75) is 6.61 Å². The first-order chi connectivity index (χ1) is 4.33. The van der Waals surface area contributed by atoms with Crippen LogP contribution in [0.4, 0.5) is 0 Å². The van der Waals surface area contributed by atoms with Gasteiger partial charge in [-0.1, -0.05) is 23.7 Å². The van der Waals surface area contributed by atoms with Crippen molar-refractivity contribution in [1.82, 2.24) is 0 Å². The molecule has 0 amide bonds. The molecule has 0 aromatic heterocycles. The topological polar surface area (TPSA) is 20.2 Å². The third-order valence-corrected chi connectivity index (χ3v) is 1.31. The van der Waals surface area contributed by atoms with E-state index in [1.807, 2.05) is 12.1 Å². The Kier molecular flexibility index (Phi) is 4.83. The Morgan fingerprint density at radius 2 is 2.10 bits per heavy atom. The number of halogens is 1. The van der Waals surface area contributed by atoms with E-state index in [2.05, 4.69) is 0 Å². The Labute approximate surface area is 76.9 Å². The maximum Gasteiger partial charge on any atom is 0.0682 e. The summed E-state index contributed by atoms with van der Waals surface area (Å²) < 4.78 is 0. The van der Waals surface area contributed by atoms with Crippen LogP contribution in [0.15, 0.2) is 24.3 Å². The van der Waals surface area contributed by atoms with E-state index in [4.69, 9.17) is 16.7 Å². The van der Waals surface area contributed by atoms with Crippen LogP contribution in [0.1, 0.15) is 5.56 Å². The van der Waals surface area contributed by atoms with E-state index in [-0.39, 0.29) is 25.2 Å². The van der Waals surface area contributed by atoms with Gasteiger partial charge in [0, 0.05) is 23.6 Å². The molecule has 1 aromatic rings. The Hall–Kier alpha value is 0.0544. The summed E-state index contributed by atoms with van der Waals surface area (Å²) in [6.45, 7) is 0.0561. The van der Waals surface area contributed by atoms with E-state index in [0.29, 0.717) is 5.02 Å². The second-order valence-electron chi connectivity index (χ2n) is 1.79. The minimum Gasteiger partial charge on any atom is -0.392 e. The molecule has 0 bridgehead atoms. The molecule has 0 saturated heterocycles. The SMILES string of the molecule is OCc1cccc(Cl)c1.[V]. The molecule has 0 atom stereocenters. The smallest absolute Gasteiger partial charge is 0.0682 e. The molecule has 0 unspecified atom stereocenters. The maximum atomic E-state index is 8.60. The van der Waals surface area contributed by atoms with Crippen LogP contribution in [-0.4, -0.2) is 5.11 Å². The first-order valence-corrected chi connectivity index (χ1v) is 3.06. The maximum absolute atomic E-state index is 8.60. The average Bonchev–Trinajstić information content (AvgIpc) is 1.88. The largest absolute Gasteiger partial charge is 0.392 e. The average molecular weight is 194 g/mol. The van der Waals surface area contributed by atoms with Crippen molar-refractivity contribution in [3.8, 4) is 0 Å². The molecule has 0 aliphatic carbocycles. The summed E-state index contributed by atoms with van der Waals surface area (Å²) in [5, 5.41) is 9.27. The number of aliphatic hydroxyl groups is 1. The van der Waals surface area contributed by atoms with Crippen LogP contribution >= 0.6 is 11.6 Å². The fourth-order valence-electron chi connectivity index (χ4n) is 0.635. The van der Waals surface area contributed by atoms with Gasteiger partial charge in [-0.15, -0.1) is 0 Å². The van der Waals surface area contributed by atoms with Crippen molar-refractivity contribution in [3.63, 3.8) is 0 Å². The molecule has 53 valence electrons. The molecule has 0 fully saturated rings. The summed E-state index contributed by atoms with van der Waals surface area (Å²) in [6, 6.07) is 7.15. The Morgan fingerprint density at radius 3 is 2.50 bits per heavy atom. The van der Waals surface area contributed by atoms with Gasteiger partial charge in [0.2, 0.25) is 0 Å². The molecule has 0 heterocycles. The molecule has 0 aliphatic rings. The summed E-state index contributed by atoms with van der Waals surface area (Å²) in [6.07, 6.45) is 0. The fraction of sp³-hybridized carbons (Fsp3) is 0.143. The molecule has 1 radical (unpaired) electrons. The normalized spacial score (nSPS) is 8.60. The van der Waals surface area contributed by atoms with Gasteiger partial charge in [-0.3, -0.25) is 0 Å². The first-order valence-electron chi connectivity index (χ1n) is 2.68. The molecule has 0 spiro atoms. The van der Waals surface area contributed by atoms with E-state index in [0.717, 1.165) is 5.56 Å². The van der Waals surface area contributed by atoms with E-state index in [1.165, 1.54) is 0 Å². The molecule has 3 heteroatoms. The number of rotatable bonds is 1. The Balaban J connectivity index is 0.000000810. The van der Waals surface area contributed by atoms with Gasteiger partial charge >= 0.3 is 0 Å². The fourth-order valence-corrected chi connectivity index (χ4v) is 0.848. The quantitative estimate of drug-likeness (QED) is 0.722. The van der Waals surface area contributed by atoms with Crippen LogP contribution in [0, 0.1) is 0 Å². The molecule has 1 rings (SSSR count). The van der Waals surface area contributed by atoms with Crippen molar-refractivity contribution in [2.24, 2.45) is 0 Å². The zero-order valence-corrected chi connectivity index (χ0v) is 7.44. The summed E-state index contributed by atoms with van der Waals surface area (Å²) in [5.41, 5.74) is 0.850. The van der Waals surface area contributed by atoms with E-state index in [1.54, 1.807) is 12.1 Å². The van der Waals surface area contributed by atoms with Gasteiger partial charge in [0.25, 0.3) is 0 Å². The van der Waals surface area contributed by atoms with Crippen LogP contribution in [0.5, 0.6) is 0 Å². The Bertz CT molecular complexity index is 203. The minimum absolute atomic E-state index is 0. The van der Waals surface area contributed by atoms with Crippen LogP contribution < -0.4 is 0 Å². The van der Waals surface area contributed by atoms with Crippen molar-refractivity contribution < 1.29 is 23.7 Å². The molecule has 1 nitrogen and oxygen atoms in total. The van der Waals surface area contributed by atoms with E-state index < -0.39 is 0 Å². The predicted molar refractivity (Wildman–Crippen MR) is 37.4 cm³/mol. The summed E-state index contributed by atoms with van der Waals surface area (Å²) in [5.74, 6) is 0. The summed E-state index contributed by atoms with van der Waals surface area (Å²) >= 11 is 5.61. The van der Waals surface area contributed by atoms with Crippen LogP contribution in [0.25, 0.3) is 0 Å². The van der Waals surface area contributed by atoms with Gasteiger partial charge in [-0.25, -0.2) is 0 Å². The van der Waals surface area contributed by atoms with Gasteiger partial charge in [-0.2, -0.15) is 0 Å². The molecule has 1 aromatic carbocycles. The van der Waals surface area contributed by atoms with E-state index in [9.17, 15) is 0 Å². The first kappa shape index (κ1) is 10.1. The number of benzene rings is 1. The predicted octanol–water partition coefficient (Wildman–Crippen LogP) is 1.83. The molecular formula is C7H7ClOV. The van der Waals surface area contributed by atoms with Crippen molar-refractivity contribution in [1.29, 1.82) is 0 Å². The second kappa shape index (κ2) is 4.81. The standard InChI is InChI=1S/C7H7ClO.V/c8-7-3-1-2-6(4-7)5-9;/h1-4,9H,5H2;. The van der Waals surface area contributed by atoms with Gasteiger partial charge in [0.1, 0.15) is 0 Å². The minimum atomic E-state index is 0. The molecule has 1 N–H and O–H groups in total. The van der Waals surface area contributed by atoms with Gasteiger partial charge in [0.15, 0.2) is 0 Å². The molecule has 0 saturated carbocycles. The third kappa shape index (κ3) is 2.76. The zero-order valence-electron chi connectivity index (χ0n) is 5.29. The molecule has 10 heavy (non-hydrogen) atoms. The number of hydrogen-bond donors (Lipinski definition) is 1. The summed E-state index contributed by atoms with van der Waals surface area (Å²) in [7, 11) is 0. The zero-order chi connectivity index (χ0) is 6.69. The van der Waals surface area contributed by atoms with Crippen molar-refractivity contribution in [3.05, 3.63) is 34.9 Å². The van der Waals surface area contributed by atoms with Crippen molar-refractivity contribution >= 4 is 11.6 Å². The number of hydrogen-bond acceptors (Lipinski definition) is 1. The Morgan fingerprint density at radius 1 is 1.40 bits per heavy atom.